The predicted octanol–water partition coefficient (Wildman–Crippen LogP) is 5.24. The molecule has 2 rings (SSSR count). The second kappa shape index (κ2) is 5.53. The van der Waals surface area contributed by atoms with Gasteiger partial charge < -0.3 is 0 Å². The number of hydrogen-bond acceptors (Lipinski definition) is 2. The molecular weight excluding hydrogens is 343 g/mol. The number of halogens is 3. The van der Waals surface area contributed by atoms with Crippen molar-refractivity contribution in [3.8, 4) is 0 Å². The van der Waals surface area contributed by atoms with Crippen LogP contribution < -0.4 is 0 Å². The van der Waals surface area contributed by atoms with Gasteiger partial charge in [-0.05, 0) is 39.7 Å². The molecule has 0 radical (unpaired) electrons. The molecule has 0 saturated heterocycles. The maximum atomic E-state index is 11.9. The molecule has 0 aliphatic rings. The van der Waals surface area contributed by atoms with Gasteiger partial charge in [0.05, 0.1) is 13.8 Å². The van der Waals surface area contributed by atoms with Crippen LogP contribution in [0.25, 0.3) is 0 Å². The van der Waals surface area contributed by atoms with Crippen molar-refractivity contribution in [3.05, 3.63) is 54.6 Å². The summed E-state index contributed by atoms with van der Waals surface area (Å²) < 4.78 is 0.954. The van der Waals surface area contributed by atoms with Gasteiger partial charge in [0.1, 0.15) is 0 Å². The first-order valence-corrected chi connectivity index (χ1v) is 7.20. The Morgan fingerprint density at radius 1 is 1.24 bits per heavy atom. The van der Waals surface area contributed by atoms with Crippen molar-refractivity contribution >= 4 is 56.3 Å². The van der Waals surface area contributed by atoms with E-state index in [1.54, 1.807) is 12.1 Å². The molecule has 1 nitrogen and oxygen atoms in total. The summed E-state index contributed by atoms with van der Waals surface area (Å²) in [5.74, 6) is 0.0744. The van der Waals surface area contributed by atoms with Crippen molar-refractivity contribution in [1.82, 2.24) is 0 Å². The van der Waals surface area contributed by atoms with Crippen LogP contribution in [-0.4, -0.2) is 5.78 Å². The number of hydrogen-bond donors (Lipinski definition) is 0. The van der Waals surface area contributed by atoms with Gasteiger partial charge in [-0.15, -0.1) is 11.3 Å². The number of thiophene rings is 1. The molecular formula is C12H7BrCl2OS. The molecule has 0 amide bonds. The first-order valence-electron chi connectivity index (χ1n) is 4.77. The van der Waals surface area contributed by atoms with E-state index in [-0.39, 0.29) is 5.78 Å². The lowest BCUT2D eigenvalue weighted by Gasteiger charge is -2.01. The van der Waals surface area contributed by atoms with Gasteiger partial charge >= 0.3 is 0 Å². The molecule has 0 atom stereocenters. The Balaban J connectivity index is 2.15. The van der Waals surface area contributed by atoms with E-state index < -0.39 is 0 Å². The van der Waals surface area contributed by atoms with E-state index in [1.807, 2.05) is 17.5 Å². The van der Waals surface area contributed by atoms with Gasteiger partial charge in [0.25, 0.3) is 0 Å². The van der Waals surface area contributed by atoms with Crippen LogP contribution in [0.5, 0.6) is 0 Å². The summed E-state index contributed by atoms with van der Waals surface area (Å²) in [6.07, 6.45) is 0.333. The first kappa shape index (κ1) is 13.1. The van der Waals surface area contributed by atoms with E-state index in [0.717, 1.165) is 9.35 Å². The Hall–Kier alpha value is -0.350. The Labute approximate surface area is 121 Å². The average molecular weight is 350 g/mol. The molecule has 0 saturated carbocycles. The summed E-state index contributed by atoms with van der Waals surface area (Å²) >= 11 is 16.5. The third kappa shape index (κ3) is 3.32. The molecule has 0 N–H and O–H groups in total. The fraction of sp³-hybridized carbons (Fsp3) is 0.0833. The summed E-state index contributed by atoms with van der Waals surface area (Å²) in [5.41, 5.74) is 1.58. The van der Waals surface area contributed by atoms with Crippen LogP contribution in [0.4, 0.5) is 0 Å². The summed E-state index contributed by atoms with van der Waals surface area (Å²) in [6, 6.07) is 7.07. The zero-order valence-corrected chi connectivity index (χ0v) is 12.5. The highest BCUT2D eigenvalue weighted by atomic mass is 79.9. The summed E-state index contributed by atoms with van der Waals surface area (Å²) in [7, 11) is 0. The van der Waals surface area contributed by atoms with Gasteiger partial charge in [0.15, 0.2) is 5.78 Å². The van der Waals surface area contributed by atoms with Crippen LogP contribution in [0.2, 0.25) is 10.0 Å². The molecule has 0 aliphatic carbocycles. The fourth-order valence-corrected chi connectivity index (χ4v) is 2.88. The number of ketones is 1. The zero-order valence-electron chi connectivity index (χ0n) is 8.54. The number of rotatable bonds is 3. The third-order valence-electron chi connectivity index (χ3n) is 2.24. The molecule has 0 spiro atoms. The monoisotopic (exact) mass is 348 g/mol. The van der Waals surface area contributed by atoms with E-state index in [0.29, 0.717) is 22.0 Å². The maximum Gasteiger partial charge on any atom is 0.168 e. The molecule has 2 aromatic rings. The summed E-state index contributed by atoms with van der Waals surface area (Å²) in [4.78, 5) is 11.9. The molecule has 0 aliphatic heterocycles. The fourth-order valence-electron chi connectivity index (χ4n) is 1.39. The quantitative estimate of drug-likeness (QED) is 0.692. The average Bonchev–Trinajstić information content (AvgIpc) is 2.70. The normalized spacial score (nSPS) is 10.5. The van der Waals surface area contributed by atoms with Crippen molar-refractivity contribution in [2.45, 2.75) is 6.42 Å². The summed E-state index contributed by atoms with van der Waals surface area (Å²) in [5, 5.41) is 2.81. The Bertz CT molecular complexity index is 565. The lowest BCUT2D eigenvalue weighted by atomic mass is 10.1. The molecule has 5 heteroatoms. The van der Waals surface area contributed by atoms with Crippen LogP contribution in [0.15, 0.2) is 33.4 Å². The molecule has 0 fully saturated rings. The SMILES string of the molecule is O=C(Cc1ccc(Cl)c(Cl)c1)c1csc(Br)c1. The highest BCUT2D eigenvalue weighted by Crippen LogP contribution is 2.25. The molecule has 1 heterocycles. The predicted molar refractivity (Wildman–Crippen MR) is 76.5 cm³/mol. The van der Waals surface area contributed by atoms with Crippen LogP contribution in [0.1, 0.15) is 15.9 Å². The summed E-state index contributed by atoms with van der Waals surface area (Å²) in [6.45, 7) is 0. The smallest absolute Gasteiger partial charge is 0.168 e. The second-order valence-electron chi connectivity index (χ2n) is 3.49. The minimum Gasteiger partial charge on any atom is -0.294 e. The van der Waals surface area contributed by atoms with Crippen LogP contribution in [0.3, 0.4) is 0 Å². The number of carbonyl (C=O) groups is 1. The minimum atomic E-state index is 0.0744. The van der Waals surface area contributed by atoms with Gasteiger partial charge in [-0.25, -0.2) is 0 Å². The molecule has 88 valence electrons. The van der Waals surface area contributed by atoms with E-state index in [4.69, 9.17) is 23.2 Å². The highest BCUT2D eigenvalue weighted by molar-refractivity contribution is 9.11. The van der Waals surface area contributed by atoms with Crippen LogP contribution in [-0.2, 0) is 6.42 Å². The zero-order chi connectivity index (χ0) is 12.4. The van der Waals surface area contributed by atoms with Crippen LogP contribution in [0, 0.1) is 0 Å². The van der Waals surface area contributed by atoms with Gasteiger partial charge in [-0.3, -0.25) is 4.79 Å². The van der Waals surface area contributed by atoms with Crippen molar-refractivity contribution in [1.29, 1.82) is 0 Å². The largest absolute Gasteiger partial charge is 0.294 e. The molecule has 1 aromatic heterocycles. The van der Waals surface area contributed by atoms with E-state index in [1.165, 1.54) is 11.3 Å². The maximum absolute atomic E-state index is 11.9. The minimum absolute atomic E-state index is 0.0744. The van der Waals surface area contributed by atoms with Crippen molar-refractivity contribution in [2.75, 3.05) is 0 Å². The standard InChI is InChI=1S/C12H7BrCl2OS/c13-12-5-8(6-17-12)11(16)4-7-1-2-9(14)10(15)3-7/h1-3,5-6H,4H2. The lowest BCUT2D eigenvalue weighted by molar-refractivity contribution is 0.0993. The van der Waals surface area contributed by atoms with Gasteiger partial charge in [0, 0.05) is 17.4 Å². The molecule has 1 aromatic carbocycles. The lowest BCUT2D eigenvalue weighted by Crippen LogP contribution is -2.01. The van der Waals surface area contributed by atoms with Crippen molar-refractivity contribution < 1.29 is 4.79 Å². The van der Waals surface area contributed by atoms with Gasteiger partial charge in [-0.2, -0.15) is 0 Å². The number of Topliss-reactive ketones (excluding diaryl/α,β-unsaturated/α-hetero) is 1. The van der Waals surface area contributed by atoms with E-state index in [2.05, 4.69) is 15.9 Å². The van der Waals surface area contributed by atoms with Crippen LogP contribution >= 0.6 is 50.5 Å². The second-order valence-corrected chi connectivity index (χ2v) is 6.59. The van der Waals surface area contributed by atoms with Crippen molar-refractivity contribution in [3.63, 3.8) is 0 Å². The third-order valence-corrected chi connectivity index (χ3v) is 4.48. The molecule has 0 unspecified atom stereocenters. The van der Waals surface area contributed by atoms with Gasteiger partial charge in [0.2, 0.25) is 0 Å². The molecule has 0 bridgehead atoms. The van der Waals surface area contributed by atoms with E-state index >= 15 is 0 Å². The Morgan fingerprint density at radius 3 is 2.59 bits per heavy atom. The van der Waals surface area contributed by atoms with Gasteiger partial charge in [-0.1, -0.05) is 29.3 Å². The Kier molecular flexibility index (Phi) is 4.26. The van der Waals surface area contributed by atoms with E-state index in [9.17, 15) is 4.79 Å². The Morgan fingerprint density at radius 2 is 2.00 bits per heavy atom. The highest BCUT2D eigenvalue weighted by Gasteiger charge is 2.10. The number of carbonyl (C=O) groups excluding carboxylic acids is 1. The topological polar surface area (TPSA) is 17.1 Å². The number of benzene rings is 1. The molecule has 17 heavy (non-hydrogen) atoms. The first-order chi connectivity index (χ1) is 8.06. The van der Waals surface area contributed by atoms with Crippen molar-refractivity contribution in [2.24, 2.45) is 0 Å².